The Bertz CT molecular complexity index is 1380. The first-order valence-electron chi connectivity index (χ1n) is 11.8. The normalized spacial score (nSPS) is 13.6. The van der Waals surface area contributed by atoms with Gasteiger partial charge in [-0.15, -0.1) is 58.7 Å². The summed E-state index contributed by atoms with van der Waals surface area (Å²) in [6.07, 6.45) is -9.16. The fourth-order valence-corrected chi connectivity index (χ4v) is 4.89. The first-order valence-corrected chi connectivity index (χ1v) is 11.8. The van der Waals surface area contributed by atoms with Crippen LogP contribution in [0.15, 0.2) is 72.8 Å². The van der Waals surface area contributed by atoms with Crippen molar-refractivity contribution >= 4 is 11.4 Å². The Balaban J connectivity index is 0.00000353. The molecule has 0 saturated carbocycles. The quantitative estimate of drug-likeness (QED) is 0.134. The predicted molar refractivity (Wildman–Crippen MR) is 136 cm³/mol. The molecule has 0 spiro atoms. The number of hydrogen-bond acceptors (Lipinski definition) is 2. The van der Waals surface area contributed by atoms with Gasteiger partial charge in [-0.05, 0) is 23.3 Å². The van der Waals surface area contributed by atoms with Crippen molar-refractivity contribution in [2.75, 3.05) is 23.9 Å². The summed E-state index contributed by atoms with van der Waals surface area (Å²) >= 11 is 0. The number of nitrogens with zero attached hydrogens (tertiary/aromatic N) is 2. The van der Waals surface area contributed by atoms with E-state index in [0.717, 1.165) is 12.1 Å². The summed E-state index contributed by atoms with van der Waals surface area (Å²) in [4.78, 5) is 3.30. The maximum absolute atomic E-state index is 14.0. The number of halogens is 6. The van der Waals surface area contributed by atoms with Crippen molar-refractivity contribution in [2.24, 2.45) is 0 Å². The monoisotopic (exact) mass is 719 g/mol. The van der Waals surface area contributed by atoms with Gasteiger partial charge in [-0.2, -0.15) is 26.3 Å². The first-order chi connectivity index (χ1) is 17.9. The van der Waals surface area contributed by atoms with Crippen molar-refractivity contribution < 1.29 is 47.4 Å². The van der Waals surface area contributed by atoms with Crippen molar-refractivity contribution in [1.82, 2.24) is 0 Å². The van der Waals surface area contributed by atoms with Crippen LogP contribution in [0.2, 0.25) is 0 Å². The number of para-hydroxylation sites is 2. The molecule has 9 heteroatoms. The summed E-state index contributed by atoms with van der Waals surface area (Å²) in [6, 6.07) is 24.6. The third-order valence-corrected chi connectivity index (χ3v) is 6.67. The van der Waals surface area contributed by atoms with Crippen molar-refractivity contribution in [2.45, 2.75) is 25.4 Å². The Kier molecular flexibility index (Phi) is 7.91. The summed E-state index contributed by atoms with van der Waals surface area (Å²) < 4.78 is 83.9. The van der Waals surface area contributed by atoms with Crippen LogP contribution in [-0.2, 0) is 46.5 Å². The second-order valence-corrected chi connectivity index (χ2v) is 9.27. The topological polar surface area (TPSA) is 6.48 Å². The summed E-state index contributed by atoms with van der Waals surface area (Å²) in [5.74, 6) is 0. The Labute approximate surface area is 237 Å². The van der Waals surface area contributed by atoms with Crippen LogP contribution in [0, 0.1) is 12.1 Å². The van der Waals surface area contributed by atoms with Crippen LogP contribution >= 0.6 is 0 Å². The zero-order valence-electron chi connectivity index (χ0n) is 20.8. The molecule has 0 aliphatic carbocycles. The van der Waals surface area contributed by atoms with E-state index in [0.29, 0.717) is 33.6 Å². The molecular weight excluding hydrogens is 697 g/mol. The van der Waals surface area contributed by atoms with E-state index in [1.807, 2.05) is 0 Å². The third kappa shape index (κ3) is 5.72. The molecule has 4 aromatic rings. The maximum Gasteiger partial charge on any atom is 4.00 e. The van der Waals surface area contributed by atoms with E-state index in [2.05, 4.69) is 12.1 Å². The molecule has 5 rings (SSSR count). The predicted octanol–water partition coefficient (Wildman–Crippen LogP) is 8.24. The molecule has 1 aliphatic heterocycles. The number of fused-ring (bicyclic) bond motifs is 8. The van der Waals surface area contributed by atoms with Crippen molar-refractivity contribution in [3.05, 3.63) is 107 Å². The Morgan fingerprint density at radius 2 is 0.923 bits per heavy atom. The van der Waals surface area contributed by atoms with Gasteiger partial charge in [0.15, 0.2) is 0 Å². The summed E-state index contributed by atoms with van der Waals surface area (Å²) in [7, 11) is 3.30. The minimum absolute atomic E-state index is 0. The Morgan fingerprint density at radius 1 is 0.564 bits per heavy atom. The van der Waals surface area contributed by atoms with Crippen LogP contribution in [0.3, 0.4) is 0 Å². The van der Waals surface area contributed by atoms with Gasteiger partial charge in [-0.1, -0.05) is 47.5 Å². The average Bonchev–Trinajstić information content (AvgIpc) is 2.86. The molecule has 0 amide bonds. The molecule has 0 fully saturated rings. The van der Waals surface area contributed by atoms with Crippen molar-refractivity contribution in [3.63, 3.8) is 0 Å². The van der Waals surface area contributed by atoms with Crippen molar-refractivity contribution in [1.29, 1.82) is 0 Å². The number of hydrogen-bond donors (Lipinski definition) is 0. The zero-order chi connectivity index (χ0) is 27.2. The van der Waals surface area contributed by atoms with E-state index in [9.17, 15) is 26.3 Å². The number of rotatable bonds is 0. The van der Waals surface area contributed by atoms with E-state index >= 15 is 0 Å². The van der Waals surface area contributed by atoms with E-state index in [1.54, 1.807) is 72.4 Å². The molecule has 4 aromatic carbocycles. The van der Waals surface area contributed by atoms with Gasteiger partial charge in [0.25, 0.3) is 0 Å². The molecular formula is C30H22F6N2Pt+2. The van der Waals surface area contributed by atoms with E-state index in [4.69, 9.17) is 0 Å². The molecule has 0 aromatic heterocycles. The smallest absolute Gasteiger partial charge is 0.379 e. The molecule has 1 heterocycles. The van der Waals surface area contributed by atoms with Gasteiger partial charge in [0, 0.05) is 38.6 Å². The standard InChI is InChI=1S/C30H22F6N2.Pt/c1-37-17-21-15-20(12-13-25(21)29(31,32)33)24-8-4-6-10-28(24)38(2)18-22-16-19(11-14-26(22)30(34,35)36)23-7-3-5-9-27(23)37;/h3-14H,17-18H2,1-2H3;/q-2;+4. The molecule has 1 aliphatic rings. The van der Waals surface area contributed by atoms with Crippen LogP contribution in [0.1, 0.15) is 22.3 Å². The zero-order valence-corrected chi connectivity index (χ0v) is 23.1. The molecule has 0 N–H and O–H groups in total. The second kappa shape index (κ2) is 10.7. The maximum atomic E-state index is 14.0. The minimum atomic E-state index is -4.58. The SMILES string of the molecule is CN1Cc2[c-]c(ccc2C(F)(F)F)-c2ccccc2N(C)Cc2[c-]c(ccc2C(F)(F)F)-c2ccccc21.[Pt+4]. The van der Waals surface area contributed by atoms with Gasteiger partial charge >= 0.3 is 33.4 Å². The summed E-state index contributed by atoms with van der Waals surface area (Å²) in [5, 5.41) is 0. The first kappa shape index (κ1) is 28.7. The number of benzene rings is 4. The molecule has 39 heavy (non-hydrogen) atoms. The Hall–Kier alpha value is -3.25. The van der Waals surface area contributed by atoms with Gasteiger partial charge in [0.05, 0.1) is 0 Å². The largest absolute Gasteiger partial charge is 4.00 e. The molecule has 2 nitrogen and oxygen atoms in total. The average molecular weight is 720 g/mol. The van der Waals surface area contributed by atoms with Crippen molar-refractivity contribution in [3.8, 4) is 22.3 Å². The summed E-state index contributed by atoms with van der Waals surface area (Å²) in [6.45, 7) is -0.240. The van der Waals surface area contributed by atoms with Gasteiger partial charge in [0.1, 0.15) is 0 Å². The molecule has 0 saturated heterocycles. The second-order valence-electron chi connectivity index (χ2n) is 9.27. The molecule has 0 unspecified atom stereocenters. The number of alkyl halides is 6. The molecule has 0 radical (unpaired) electrons. The van der Waals surface area contributed by atoms with Gasteiger partial charge in [0.2, 0.25) is 0 Å². The van der Waals surface area contributed by atoms with Crippen LogP contribution < -0.4 is 9.80 Å². The van der Waals surface area contributed by atoms with Gasteiger partial charge in [-0.25, -0.2) is 0 Å². The third-order valence-electron chi connectivity index (χ3n) is 6.67. The summed E-state index contributed by atoms with van der Waals surface area (Å²) in [5.41, 5.74) is 1.46. The molecule has 4 bridgehead atoms. The fourth-order valence-electron chi connectivity index (χ4n) is 4.89. The van der Waals surface area contributed by atoms with Crippen LogP contribution in [0.25, 0.3) is 22.3 Å². The van der Waals surface area contributed by atoms with E-state index in [-0.39, 0.29) is 45.3 Å². The van der Waals surface area contributed by atoms with Gasteiger partial charge in [-0.3, -0.25) is 0 Å². The van der Waals surface area contributed by atoms with Gasteiger partial charge < -0.3 is 9.80 Å². The Morgan fingerprint density at radius 3 is 1.28 bits per heavy atom. The van der Waals surface area contributed by atoms with Crippen LogP contribution in [-0.4, -0.2) is 14.1 Å². The molecule has 202 valence electrons. The van der Waals surface area contributed by atoms with Crippen LogP contribution in [0.4, 0.5) is 37.7 Å². The van der Waals surface area contributed by atoms with Crippen LogP contribution in [0.5, 0.6) is 0 Å². The molecule has 0 atom stereocenters. The fraction of sp³-hybridized carbons (Fsp3) is 0.200. The van der Waals surface area contributed by atoms with E-state index in [1.165, 1.54) is 12.1 Å². The number of anilines is 2. The minimum Gasteiger partial charge on any atom is -0.379 e. The van der Waals surface area contributed by atoms with E-state index < -0.39 is 23.5 Å².